The van der Waals surface area contributed by atoms with Crippen LogP contribution in [0.3, 0.4) is 0 Å². The Hall–Kier alpha value is -0.610. The van der Waals surface area contributed by atoms with Gasteiger partial charge in [0.1, 0.15) is 0 Å². The Morgan fingerprint density at radius 3 is 2.67 bits per heavy atom. The molecule has 0 aromatic heterocycles. The van der Waals surface area contributed by atoms with Crippen LogP contribution in [0, 0.1) is 5.92 Å². The number of carbonyl (C=O) groups excluding carboxylic acids is 1. The summed E-state index contributed by atoms with van der Waals surface area (Å²) < 4.78 is 0. The molecule has 0 saturated carbocycles. The fourth-order valence-corrected chi connectivity index (χ4v) is 1.26. The molecule has 0 radical (unpaired) electrons. The molecule has 1 amide bonds. The van der Waals surface area contributed by atoms with Crippen LogP contribution in [0.2, 0.25) is 0 Å². The van der Waals surface area contributed by atoms with Crippen LogP contribution in [0.4, 0.5) is 0 Å². The van der Waals surface area contributed by atoms with Crippen molar-refractivity contribution in [1.82, 2.24) is 10.2 Å². The van der Waals surface area contributed by atoms with Crippen LogP contribution in [0.15, 0.2) is 0 Å². The van der Waals surface area contributed by atoms with Crippen molar-refractivity contribution in [2.45, 2.75) is 26.2 Å². The van der Waals surface area contributed by atoms with Crippen LogP contribution in [0.5, 0.6) is 0 Å². The summed E-state index contributed by atoms with van der Waals surface area (Å²) in [7, 11) is 3.55. The van der Waals surface area contributed by atoms with Gasteiger partial charge in [-0.2, -0.15) is 0 Å². The van der Waals surface area contributed by atoms with E-state index in [0.717, 1.165) is 25.9 Å². The van der Waals surface area contributed by atoms with Crippen molar-refractivity contribution in [2.24, 2.45) is 5.92 Å². The molecule has 1 unspecified atom stereocenters. The molecule has 2 N–H and O–H groups in total. The smallest absolute Gasteiger partial charge is 0.222 e. The molecule has 0 saturated heterocycles. The topological polar surface area (TPSA) is 52.6 Å². The number of amides is 1. The van der Waals surface area contributed by atoms with Gasteiger partial charge in [-0.3, -0.25) is 4.79 Å². The molecule has 0 aliphatic rings. The first-order valence-corrected chi connectivity index (χ1v) is 5.59. The summed E-state index contributed by atoms with van der Waals surface area (Å²) >= 11 is 0. The molecule has 4 nitrogen and oxygen atoms in total. The van der Waals surface area contributed by atoms with Gasteiger partial charge in [-0.25, -0.2) is 0 Å². The summed E-state index contributed by atoms with van der Waals surface area (Å²) in [6.07, 6.45) is 2.32. The van der Waals surface area contributed by atoms with E-state index in [0.29, 0.717) is 12.3 Å². The summed E-state index contributed by atoms with van der Waals surface area (Å²) in [5.41, 5.74) is 0. The van der Waals surface area contributed by atoms with Crippen LogP contribution >= 0.6 is 0 Å². The number of aliphatic hydroxyl groups excluding tert-OH is 1. The highest BCUT2D eigenvalue weighted by atomic mass is 16.3. The second-order valence-corrected chi connectivity index (χ2v) is 4.21. The average Bonchev–Trinajstić information content (AvgIpc) is 2.17. The quantitative estimate of drug-likeness (QED) is 0.580. The molecule has 0 aliphatic heterocycles. The zero-order valence-corrected chi connectivity index (χ0v) is 10.1. The summed E-state index contributed by atoms with van der Waals surface area (Å²) in [4.78, 5) is 12.8. The largest absolute Gasteiger partial charge is 0.396 e. The first-order valence-electron chi connectivity index (χ1n) is 5.59. The van der Waals surface area contributed by atoms with Crippen LogP contribution in [0.25, 0.3) is 0 Å². The van der Waals surface area contributed by atoms with E-state index in [9.17, 15) is 4.79 Å². The third kappa shape index (κ3) is 8.39. The van der Waals surface area contributed by atoms with Crippen LogP contribution in [-0.2, 0) is 4.79 Å². The van der Waals surface area contributed by atoms with E-state index in [-0.39, 0.29) is 12.5 Å². The SMILES string of the molecule is CC(CCO)CNCCCC(=O)N(C)C. The summed E-state index contributed by atoms with van der Waals surface area (Å²) in [6, 6.07) is 0. The van der Waals surface area contributed by atoms with Gasteiger partial charge in [0.05, 0.1) is 0 Å². The molecule has 90 valence electrons. The molecule has 0 aromatic carbocycles. The molecule has 0 spiro atoms. The number of aliphatic hydroxyl groups is 1. The van der Waals surface area contributed by atoms with Gasteiger partial charge in [0, 0.05) is 27.1 Å². The van der Waals surface area contributed by atoms with Crippen LogP contribution < -0.4 is 5.32 Å². The Kier molecular flexibility index (Phi) is 8.33. The third-order valence-electron chi connectivity index (χ3n) is 2.36. The maximum absolute atomic E-state index is 11.2. The van der Waals surface area contributed by atoms with Gasteiger partial charge in [-0.1, -0.05) is 6.92 Å². The van der Waals surface area contributed by atoms with Gasteiger partial charge in [0.25, 0.3) is 0 Å². The summed E-state index contributed by atoms with van der Waals surface area (Å²) in [6.45, 7) is 4.14. The van der Waals surface area contributed by atoms with Gasteiger partial charge < -0.3 is 15.3 Å². The minimum atomic E-state index is 0.181. The molecule has 0 aromatic rings. The first kappa shape index (κ1) is 14.4. The van der Waals surface area contributed by atoms with Gasteiger partial charge >= 0.3 is 0 Å². The monoisotopic (exact) mass is 216 g/mol. The third-order valence-corrected chi connectivity index (χ3v) is 2.36. The molecule has 0 bridgehead atoms. The lowest BCUT2D eigenvalue weighted by molar-refractivity contribution is -0.128. The maximum Gasteiger partial charge on any atom is 0.222 e. The van der Waals surface area contributed by atoms with Crippen molar-refractivity contribution >= 4 is 5.91 Å². The van der Waals surface area contributed by atoms with E-state index in [1.165, 1.54) is 0 Å². The van der Waals surface area contributed by atoms with Gasteiger partial charge in [-0.05, 0) is 31.8 Å². The second kappa shape index (κ2) is 8.68. The standard InChI is InChI=1S/C11H24N2O2/c1-10(6-8-14)9-12-7-4-5-11(15)13(2)3/h10,12,14H,4-9H2,1-3H3. The van der Waals surface area contributed by atoms with Crippen molar-refractivity contribution in [2.75, 3.05) is 33.8 Å². The molecule has 0 heterocycles. The van der Waals surface area contributed by atoms with E-state index >= 15 is 0 Å². The Morgan fingerprint density at radius 1 is 1.47 bits per heavy atom. The van der Waals surface area contributed by atoms with E-state index in [1.807, 2.05) is 0 Å². The van der Waals surface area contributed by atoms with Gasteiger partial charge in [-0.15, -0.1) is 0 Å². The highest BCUT2D eigenvalue weighted by Gasteiger charge is 2.03. The lowest BCUT2D eigenvalue weighted by Crippen LogP contribution is -2.25. The lowest BCUT2D eigenvalue weighted by atomic mass is 10.1. The average molecular weight is 216 g/mol. The highest BCUT2D eigenvalue weighted by Crippen LogP contribution is 1.98. The van der Waals surface area contributed by atoms with Gasteiger partial charge in [0.2, 0.25) is 5.91 Å². The molecule has 4 heteroatoms. The Bertz CT molecular complexity index is 172. The fraction of sp³-hybridized carbons (Fsp3) is 0.909. The summed E-state index contributed by atoms with van der Waals surface area (Å²) in [5.74, 6) is 0.680. The maximum atomic E-state index is 11.2. The van der Waals surface area contributed by atoms with Crippen molar-refractivity contribution in [3.05, 3.63) is 0 Å². The second-order valence-electron chi connectivity index (χ2n) is 4.21. The van der Waals surface area contributed by atoms with Crippen molar-refractivity contribution in [3.63, 3.8) is 0 Å². The molecule has 15 heavy (non-hydrogen) atoms. The zero-order chi connectivity index (χ0) is 11.7. The number of hydrogen-bond acceptors (Lipinski definition) is 3. The number of nitrogens with zero attached hydrogens (tertiary/aromatic N) is 1. The van der Waals surface area contributed by atoms with Crippen molar-refractivity contribution in [3.8, 4) is 0 Å². The minimum Gasteiger partial charge on any atom is -0.396 e. The molecule has 0 fully saturated rings. The Labute approximate surface area is 92.7 Å². The highest BCUT2D eigenvalue weighted by molar-refractivity contribution is 5.75. The predicted octanol–water partition coefficient (Wildman–Crippen LogP) is 0.463. The molecular weight excluding hydrogens is 192 g/mol. The Balaban J connectivity index is 3.28. The lowest BCUT2D eigenvalue weighted by Gasteiger charge is -2.12. The van der Waals surface area contributed by atoms with E-state index < -0.39 is 0 Å². The van der Waals surface area contributed by atoms with E-state index in [4.69, 9.17) is 5.11 Å². The number of hydrogen-bond donors (Lipinski definition) is 2. The number of carbonyl (C=O) groups is 1. The van der Waals surface area contributed by atoms with Crippen molar-refractivity contribution < 1.29 is 9.90 Å². The van der Waals surface area contributed by atoms with E-state index in [1.54, 1.807) is 19.0 Å². The predicted molar refractivity (Wildman–Crippen MR) is 61.7 cm³/mol. The van der Waals surface area contributed by atoms with Gasteiger partial charge in [0.15, 0.2) is 0 Å². The molecule has 0 rings (SSSR count). The van der Waals surface area contributed by atoms with Crippen LogP contribution in [0.1, 0.15) is 26.2 Å². The Morgan fingerprint density at radius 2 is 2.13 bits per heavy atom. The zero-order valence-electron chi connectivity index (χ0n) is 10.1. The number of nitrogens with one attached hydrogen (secondary N) is 1. The van der Waals surface area contributed by atoms with E-state index in [2.05, 4.69) is 12.2 Å². The molecule has 0 aliphatic carbocycles. The van der Waals surface area contributed by atoms with Crippen LogP contribution in [-0.4, -0.2) is 49.7 Å². The molecular formula is C11H24N2O2. The first-order chi connectivity index (χ1) is 7.07. The molecule has 1 atom stereocenters. The minimum absolute atomic E-state index is 0.181. The normalized spacial score (nSPS) is 12.5. The number of rotatable bonds is 8. The van der Waals surface area contributed by atoms with Crippen molar-refractivity contribution in [1.29, 1.82) is 0 Å². The summed E-state index contributed by atoms with van der Waals surface area (Å²) in [5, 5.41) is 12.0. The fourth-order valence-electron chi connectivity index (χ4n) is 1.26.